The van der Waals surface area contributed by atoms with Gasteiger partial charge in [-0.3, -0.25) is 0 Å². The first-order chi connectivity index (χ1) is 34.8. The van der Waals surface area contributed by atoms with Crippen molar-refractivity contribution < 1.29 is 0 Å². The van der Waals surface area contributed by atoms with Gasteiger partial charge in [0.1, 0.15) is 0 Å². The Morgan fingerprint density at radius 3 is 1.62 bits per heavy atom. The predicted molar refractivity (Wildman–Crippen MR) is 297 cm³/mol. The van der Waals surface area contributed by atoms with Crippen molar-refractivity contribution in [3.05, 3.63) is 239 Å². The summed E-state index contributed by atoms with van der Waals surface area (Å²) in [6.07, 6.45) is 12.3. The van der Waals surface area contributed by atoms with Crippen LogP contribution < -0.4 is 9.80 Å². The molecule has 9 aromatic carbocycles. The van der Waals surface area contributed by atoms with Crippen molar-refractivity contribution >= 4 is 44.9 Å². The first-order valence-corrected chi connectivity index (χ1v) is 26.7. The Labute approximate surface area is 420 Å². The van der Waals surface area contributed by atoms with E-state index in [-0.39, 0.29) is 5.41 Å². The van der Waals surface area contributed by atoms with Crippen molar-refractivity contribution in [3.8, 4) is 22.3 Å². The molecule has 0 aliphatic heterocycles. The SMILES string of the molecule is CC1(C)c2ccccc2-c2cc(-c3ccccc3)c(N(c3ccc4ccccc4c3)c3cc4ccc3CCc3ccc(c(N(c5ccccc5)c5ccc(C67CC8CC(CC(C8)C6)C7)cc5)c3)CC4)cc21. The van der Waals surface area contributed by atoms with Crippen LogP contribution >= 0.6 is 0 Å². The van der Waals surface area contributed by atoms with Gasteiger partial charge in [0.2, 0.25) is 0 Å². The third-order valence-electron chi connectivity index (χ3n) is 18.0. The second kappa shape index (κ2) is 16.7. The second-order valence-electron chi connectivity index (χ2n) is 22.7. The summed E-state index contributed by atoms with van der Waals surface area (Å²) < 4.78 is 0. The number of fused-ring (bicyclic) bond motifs is 4. The summed E-state index contributed by atoms with van der Waals surface area (Å²) in [5.74, 6) is 2.80. The number of hydrogen-bond acceptors (Lipinski definition) is 2. The van der Waals surface area contributed by atoms with Crippen LogP contribution in [0.2, 0.25) is 0 Å². The van der Waals surface area contributed by atoms with E-state index in [0.717, 1.165) is 43.4 Å². The largest absolute Gasteiger partial charge is 0.310 e. The minimum Gasteiger partial charge on any atom is -0.310 e. The lowest BCUT2D eigenvalue weighted by Gasteiger charge is -2.57. The van der Waals surface area contributed by atoms with Crippen LogP contribution in [0.3, 0.4) is 0 Å². The van der Waals surface area contributed by atoms with Gasteiger partial charge in [-0.2, -0.15) is 0 Å². The molecule has 8 bridgehead atoms. The molecule has 9 aromatic rings. The lowest BCUT2D eigenvalue weighted by atomic mass is 9.48. The molecule has 9 aliphatic rings. The highest BCUT2D eigenvalue weighted by Gasteiger charge is 2.51. The Morgan fingerprint density at radius 1 is 0.380 bits per heavy atom. The Hall–Kier alpha value is -7.16. The molecule has 4 fully saturated rings. The van der Waals surface area contributed by atoms with Crippen LogP contribution in [0.15, 0.2) is 200 Å². The van der Waals surface area contributed by atoms with Crippen molar-refractivity contribution in [2.45, 2.75) is 88.9 Å². The Kier molecular flexibility index (Phi) is 10.1. The quantitative estimate of drug-likeness (QED) is 0.150. The monoisotopic (exact) mass is 918 g/mol. The molecule has 0 atom stereocenters. The van der Waals surface area contributed by atoms with Gasteiger partial charge in [0.15, 0.2) is 0 Å². The molecule has 0 N–H and O–H groups in total. The van der Waals surface area contributed by atoms with Gasteiger partial charge < -0.3 is 9.80 Å². The Morgan fingerprint density at radius 2 is 0.944 bits per heavy atom. The van der Waals surface area contributed by atoms with Crippen LogP contribution in [-0.4, -0.2) is 0 Å². The van der Waals surface area contributed by atoms with Crippen molar-refractivity contribution in [1.29, 1.82) is 0 Å². The van der Waals surface area contributed by atoms with Gasteiger partial charge in [0.25, 0.3) is 0 Å². The molecule has 0 aromatic heterocycles. The van der Waals surface area contributed by atoms with Gasteiger partial charge in [0.05, 0.1) is 5.69 Å². The van der Waals surface area contributed by atoms with Crippen molar-refractivity contribution in [2.75, 3.05) is 9.80 Å². The van der Waals surface area contributed by atoms with E-state index in [1.54, 1.807) is 5.56 Å². The second-order valence-corrected chi connectivity index (χ2v) is 22.7. The third kappa shape index (κ3) is 7.27. The molecular formula is C69H62N2. The highest BCUT2D eigenvalue weighted by molar-refractivity contribution is 5.97. The minimum atomic E-state index is -0.153. The molecule has 0 spiro atoms. The Bertz CT molecular complexity index is 3460. The fourth-order valence-corrected chi connectivity index (χ4v) is 14.9. The molecule has 0 unspecified atom stereocenters. The first-order valence-electron chi connectivity index (χ1n) is 26.7. The first kappa shape index (κ1) is 42.7. The van der Waals surface area contributed by atoms with E-state index in [1.165, 1.54) is 139 Å². The molecule has 0 amide bonds. The summed E-state index contributed by atoms with van der Waals surface area (Å²) in [6.45, 7) is 4.82. The number of benzene rings is 9. The summed E-state index contributed by atoms with van der Waals surface area (Å²) in [5.41, 5.74) is 22.6. The normalized spacial score (nSPS) is 21.1. The van der Waals surface area contributed by atoms with E-state index in [0.29, 0.717) is 5.41 Å². The molecule has 0 radical (unpaired) electrons. The van der Waals surface area contributed by atoms with Crippen LogP contribution in [0.1, 0.15) is 91.3 Å². The van der Waals surface area contributed by atoms with Gasteiger partial charge in [-0.05, 0) is 214 Å². The molecule has 4 saturated carbocycles. The standard InChI is InChI=1S/C69H62N2/c1-68(2)63-20-12-11-19-60(63)62-41-61(52-14-5-3-6-15-52)67(42-64(62)68)71(59-32-29-51-13-9-10-16-55(51)40-59)66-39-47-22-26-53-25-21-46(23-27-54(66)28-24-47)38-65(53)70(57-17-7-4-8-18-57)58-33-30-56(31-34-58)69-43-48-35-49(44-69)37-50(36-48)45-69/h3-21,24-25,28-34,38-42,48-50H,22-23,26-27,35-37,43-45H2,1-2H3. The van der Waals surface area contributed by atoms with Crippen molar-refractivity contribution in [2.24, 2.45) is 17.8 Å². The Balaban J connectivity index is 0.885. The van der Waals surface area contributed by atoms with Crippen LogP contribution in [0.25, 0.3) is 33.0 Å². The number of rotatable bonds is 8. The fraction of sp³-hybridized carbons (Fsp3) is 0.246. The van der Waals surface area contributed by atoms with E-state index in [4.69, 9.17) is 0 Å². The average Bonchev–Trinajstić information content (AvgIpc) is 3.62. The van der Waals surface area contributed by atoms with Gasteiger partial charge in [-0.1, -0.05) is 153 Å². The van der Waals surface area contributed by atoms with Crippen molar-refractivity contribution in [3.63, 3.8) is 0 Å². The van der Waals surface area contributed by atoms with Gasteiger partial charge in [-0.15, -0.1) is 0 Å². The number of anilines is 6. The van der Waals surface area contributed by atoms with Gasteiger partial charge in [0, 0.05) is 39.4 Å². The topological polar surface area (TPSA) is 6.48 Å². The minimum absolute atomic E-state index is 0.153. The van der Waals surface area contributed by atoms with E-state index < -0.39 is 0 Å². The van der Waals surface area contributed by atoms with E-state index in [1.807, 2.05) is 0 Å². The molecular weight excluding hydrogens is 857 g/mol. The summed E-state index contributed by atoms with van der Waals surface area (Å²) in [7, 11) is 0. The predicted octanol–water partition coefficient (Wildman–Crippen LogP) is 18.1. The molecule has 71 heavy (non-hydrogen) atoms. The van der Waals surface area contributed by atoms with Crippen LogP contribution in [-0.2, 0) is 36.5 Å². The highest BCUT2D eigenvalue weighted by Crippen LogP contribution is 2.61. The molecule has 348 valence electrons. The number of para-hydroxylation sites is 1. The zero-order valence-corrected chi connectivity index (χ0v) is 41.3. The highest BCUT2D eigenvalue weighted by atomic mass is 15.2. The van der Waals surface area contributed by atoms with Crippen molar-refractivity contribution in [1.82, 2.24) is 0 Å². The van der Waals surface area contributed by atoms with Crippen LogP contribution in [0.5, 0.6) is 0 Å². The van der Waals surface area contributed by atoms with E-state index in [2.05, 4.69) is 224 Å². The average molecular weight is 919 g/mol. The zero-order valence-electron chi connectivity index (χ0n) is 41.3. The smallest absolute Gasteiger partial charge is 0.0543 e. The lowest BCUT2D eigenvalue weighted by Crippen LogP contribution is -2.48. The fourth-order valence-electron chi connectivity index (χ4n) is 14.9. The number of hydrogen-bond donors (Lipinski definition) is 0. The van der Waals surface area contributed by atoms with E-state index in [9.17, 15) is 0 Å². The number of aryl methyl sites for hydroxylation is 4. The zero-order chi connectivity index (χ0) is 47.3. The molecule has 2 heteroatoms. The van der Waals surface area contributed by atoms with Gasteiger partial charge >= 0.3 is 0 Å². The summed E-state index contributed by atoms with van der Waals surface area (Å²) in [6, 6.07) is 76.9. The summed E-state index contributed by atoms with van der Waals surface area (Å²) in [5, 5.41) is 2.50. The number of nitrogens with zero attached hydrogens (tertiary/aromatic N) is 2. The molecule has 2 nitrogen and oxygen atoms in total. The summed E-state index contributed by atoms with van der Waals surface area (Å²) >= 11 is 0. The van der Waals surface area contributed by atoms with Crippen LogP contribution in [0, 0.1) is 17.8 Å². The maximum atomic E-state index is 2.62. The molecule has 0 saturated heterocycles. The molecule has 0 heterocycles. The summed E-state index contributed by atoms with van der Waals surface area (Å²) in [4.78, 5) is 5.18. The maximum absolute atomic E-state index is 2.62. The maximum Gasteiger partial charge on any atom is 0.0543 e. The van der Waals surface area contributed by atoms with Gasteiger partial charge in [-0.25, -0.2) is 0 Å². The van der Waals surface area contributed by atoms with Crippen LogP contribution in [0.4, 0.5) is 34.1 Å². The lowest BCUT2D eigenvalue weighted by molar-refractivity contribution is -0.00518. The molecule has 9 aliphatic carbocycles. The van der Waals surface area contributed by atoms with E-state index >= 15 is 0 Å². The molecule has 18 rings (SSSR count). The third-order valence-corrected chi connectivity index (χ3v) is 18.0.